The van der Waals surface area contributed by atoms with Gasteiger partial charge in [-0.15, -0.1) is 0 Å². The lowest BCUT2D eigenvalue weighted by Crippen LogP contribution is -2.52. The van der Waals surface area contributed by atoms with Crippen LogP contribution in [0.25, 0.3) is 0 Å². The van der Waals surface area contributed by atoms with Crippen LogP contribution in [-0.2, 0) is 4.79 Å². The summed E-state index contributed by atoms with van der Waals surface area (Å²) in [7, 11) is 0. The predicted octanol–water partition coefficient (Wildman–Crippen LogP) is 1.38. The van der Waals surface area contributed by atoms with Gasteiger partial charge in [0, 0.05) is 0 Å². The maximum atomic E-state index is 11.1. The smallest absolute Gasteiger partial charge is 0.323 e. The average Bonchev–Trinajstić information content (AvgIpc) is 2.10. The molecule has 3 N–H and O–H groups in total. The summed E-state index contributed by atoms with van der Waals surface area (Å²) >= 11 is 0. The molecule has 0 unspecified atom stereocenters. The zero-order valence-corrected chi connectivity index (χ0v) is 10.1. The number of nitrogens with one attached hydrogen (secondary N) is 1. The van der Waals surface area contributed by atoms with Crippen molar-refractivity contribution in [1.29, 1.82) is 0 Å². The monoisotopic (exact) mass is 217 g/mol. The number of carboxylic acids is 1. The van der Waals surface area contributed by atoms with E-state index >= 15 is 0 Å². The van der Waals surface area contributed by atoms with Crippen molar-refractivity contribution in [1.82, 2.24) is 5.32 Å². The Labute approximate surface area is 91.7 Å². The number of aliphatic carboxylic acids is 1. The standard InChI is InChI=1S/C11H23NO3/c1-5-11(6-2,9(13)14)12-8-7-10(3,4)15/h12,15H,5-8H2,1-4H3,(H,13,14). The van der Waals surface area contributed by atoms with Crippen molar-refractivity contribution in [2.45, 2.75) is 58.1 Å². The molecule has 0 amide bonds. The van der Waals surface area contributed by atoms with Gasteiger partial charge in [0.15, 0.2) is 0 Å². The number of hydrogen-bond donors (Lipinski definition) is 3. The number of aliphatic hydroxyl groups is 1. The molecule has 0 atom stereocenters. The van der Waals surface area contributed by atoms with Crippen molar-refractivity contribution in [3.8, 4) is 0 Å². The predicted molar refractivity (Wildman–Crippen MR) is 59.9 cm³/mol. The fraction of sp³-hybridized carbons (Fsp3) is 0.909. The summed E-state index contributed by atoms with van der Waals surface area (Å²) in [5.74, 6) is -0.816. The van der Waals surface area contributed by atoms with Gasteiger partial charge in [-0.3, -0.25) is 4.79 Å². The van der Waals surface area contributed by atoms with Crippen molar-refractivity contribution in [2.24, 2.45) is 0 Å². The number of carbonyl (C=O) groups is 1. The lowest BCUT2D eigenvalue weighted by atomic mass is 9.92. The summed E-state index contributed by atoms with van der Waals surface area (Å²) in [6, 6.07) is 0. The Hall–Kier alpha value is -0.610. The van der Waals surface area contributed by atoms with E-state index in [1.54, 1.807) is 13.8 Å². The molecule has 90 valence electrons. The first-order valence-corrected chi connectivity index (χ1v) is 5.48. The zero-order chi connectivity index (χ0) is 12.1. The van der Waals surface area contributed by atoms with Gasteiger partial charge in [-0.05, 0) is 39.7 Å². The molecule has 4 nitrogen and oxygen atoms in total. The normalized spacial score (nSPS) is 12.9. The highest BCUT2D eigenvalue weighted by atomic mass is 16.4. The molecule has 0 aromatic carbocycles. The van der Waals surface area contributed by atoms with Gasteiger partial charge >= 0.3 is 5.97 Å². The van der Waals surface area contributed by atoms with Crippen LogP contribution >= 0.6 is 0 Å². The molecule has 0 spiro atoms. The molecule has 0 saturated heterocycles. The third-order valence-corrected chi connectivity index (χ3v) is 2.82. The maximum absolute atomic E-state index is 11.1. The second-order valence-electron chi connectivity index (χ2n) is 4.58. The molecule has 0 fully saturated rings. The van der Waals surface area contributed by atoms with Crippen molar-refractivity contribution < 1.29 is 15.0 Å². The van der Waals surface area contributed by atoms with Crippen LogP contribution in [-0.4, -0.2) is 33.9 Å². The van der Waals surface area contributed by atoms with Gasteiger partial charge in [-0.25, -0.2) is 0 Å². The SMILES string of the molecule is CCC(CC)(NCCC(C)(C)O)C(=O)O. The molecule has 0 heterocycles. The Morgan fingerprint density at radius 1 is 1.27 bits per heavy atom. The number of rotatable bonds is 7. The Balaban J connectivity index is 4.26. The molecule has 0 aromatic rings. The van der Waals surface area contributed by atoms with Crippen LogP contribution < -0.4 is 5.32 Å². The highest BCUT2D eigenvalue weighted by Gasteiger charge is 2.34. The first kappa shape index (κ1) is 14.4. The summed E-state index contributed by atoms with van der Waals surface area (Å²) < 4.78 is 0. The Morgan fingerprint density at radius 3 is 2.00 bits per heavy atom. The van der Waals surface area contributed by atoms with E-state index in [2.05, 4.69) is 5.32 Å². The number of hydrogen-bond acceptors (Lipinski definition) is 3. The van der Waals surface area contributed by atoms with E-state index in [0.29, 0.717) is 25.8 Å². The molecule has 0 saturated carbocycles. The van der Waals surface area contributed by atoms with Crippen molar-refractivity contribution >= 4 is 5.97 Å². The molecule has 0 rings (SSSR count). The van der Waals surface area contributed by atoms with Crippen molar-refractivity contribution in [3.63, 3.8) is 0 Å². The van der Waals surface area contributed by atoms with Crippen LogP contribution in [0.15, 0.2) is 0 Å². The summed E-state index contributed by atoms with van der Waals surface area (Å²) in [6.07, 6.45) is 1.64. The lowest BCUT2D eigenvalue weighted by molar-refractivity contribution is -0.145. The first-order valence-electron chi connectivity index (χ1n) is 5.48. The Morgan fingerprint density at radius 2 is 1.73 bits per heavy atom. The molecule has 0 radical (unpaired) electrons. The van der Waals surface area contributed by atoms with Gasteiger partial charge in [0.1, 0.15) is 5.54 Å². The fourth-order valence-corrected chi connectivity index (χ4v) is 1.49. The van der Waals surface area contributed by atoms with E-state index in [0.717, 1.165) is 0 Å². The van der Waals surface area contributed by atoms with Crippen LogP contribution in [0.1, 0.15) is 47.0 Å². The maximum Gasteiger partial charge on any atom is 0.323 e. The average molecular weight is 217 g/mol. The zero-order valence-electron chi connectivity index (χ0n) is 10.1. The molecule has 4 heteroatoms. The molecule has 0 aliphatic carbocycles. The van der Waals surface area contributed by atoms with Gasteiger partial charge in [0.05, 0.1) is 5.60 Å². The van der Waals surface area contributed by atoms with Crippen molar-refractivity contribution in [2.75, 3.05) is 6.54 Å². The number of carboxylic acid groups (broad SMARTS) is 1. The summed E-state index contributed by atoms with van der Waals surface area (Å²) in [5, 5.41) is 21.7. The molecule has 0 bridgehead atoms. The summed E-state index contributed by atoms with van der Waals surface area (Å²) in [6.45, 7) is 7.66. The summed E-state index contributed by atoms with van der Waals surface area (Å²) in [5.41, 5.74) is -1.59. The first-order chi connectivity index (χ1) is 6.77. The highest BCUT2D eigenvalue weighted by molar-refractivity contribution is 5.78. The topological polar surface area (TPSA) is 69.6 Å². The van der Waals surface area contributed by atoms with Crippen LogP contribution in [0.3, 0.4) is 0 Å². The van der Waals surface area contributed by atoms with Crippen LogP contribution in [0.2, 0.25) is 0 Å². The van der Waals surface area contributed by atoms with Gasteiger partial charge in [0.2, 0.25) is 0 Å². The molecular weight excluding hydrogens is 194 g/mol. The third-order valence-electron chi connectivity index (χ3n) is 2.82. The van der Waals surface area contributed by atoms with E-state index in [4.69, 9.17) is 5.11 Å². The van der Waals surface area contributed by atoms with E-state index < -0.39 is 17.1 Å². The second kappa shape index (κ2) is 5.47. The molecule has 15 heavy (non-hydrogen) atoms. The van der Waals surface area contributed by atoms with Gasteiger partial charge in [-0.1, -0.05) is 13.8 Å². The van der Waals surface area contributed by atoms with Gasteiger partial charge in [-0.2, -0.15) is 0 Å². The molecule has 0 aliphatic heterocycles. The van der Waals surface area contributed by atoms with Crippen molar-refractivity contribution in [3.05, 3.63) is 0 Å². The van der Waals surface area contributed by atoms with E-state index in [-0.39, 0.29) is 0 Å². The quantitative estimate of drug-likeness (QED) is 0.602. The molecule has 0 aliphatic rings. The lowest BCUT2D eigenvalue weighted by Gasteiger charge is -2.29. The minimum Gasteiger partial charge on any atom is -0.480 e. The van der Waals surface area contributed by atoms with E-state index in [9.17, 15) is 9.90 Å². The van der Waals surface area contributed by atoms with Crippen LogP contribution in [0, 0.1) is 0 Å². The molecule has 0 aromatic heterocycles. The van der Waals surface area contributed by atoms with Crippen LogP contribution in [0.4, 0.5) is 0 Å². The minimum absolute atomic E-state index is 0.511. The van der Waals surface area contributed by atoms with E-state index in [1.807, 2.05) is 13.8 Å². The summed E-state index contributed by atoms with van der Waals surface area (Å²) in [4.78, 5) is 11.1. The Kier molecular flexibility index (Phi) is 5.24. The van der Waals surface area contributed by atoms with Crippen LogP contribution in [0.5, 0.6) is 0 Å². The fourth-order valence-electron chi connectivity index (χ4n) is 1.49. The van der Waals surface area contributed by atoms with Gasteiger partial charge in [0.25, 0.3) is 0 Å². The Bertz CT molecular complexity index is 204. The highest BCUT2D eigenvalue weighted by Crippen LogP contribution is 2.16. The molecular formula is C11H23NO3. The van der Waals surface area contributed by atoms with E-state index in [1.165, 1.54) is 0 Å². The second-order valence-corrected chi connectivity index (χ2v) is 4.58. The van der Waals surface area contributed by atoms with Gasteiger partial charge < -0.3 is 15.5 Å². The minimum atomic E-state index is -0.842. The third kappa shape index (κ3) is 4.62. The largest absolute Gasteiger partial charge is 0.480 e.